The minimum absolute atomic E-state index is 0.191. The zero-order valence-corrected chi connectivity index (χ0v) is 18.0. The van der Waals surface area contributed by atoms with Crippen molar-refractivity contribution >= 4 is 29.1 Å². The minimum atomic E-state index is -0.308. The number of hydrogen-bond donors (Lipinski definition) is 3. The lowest BCUT2D eigenvalue weighted by molar-refractivity contribution is -0.114. The number of ether oxygens (including phenoxy) is 1. The molecular weight excluding hydrogens is 394 g/mol. The lowest BCUT2D eigenvalue weighted by Crippen LogP contribution is -2.39. The highest BCUT2D eigenvalue weighted by atomic mass is 16.5. The van der Waals surface area contributed by atoms with E-state index in [2.05, 4.69) is 25.8 Å². The number of nitrogens with one attached hydrogen (secondary N) is 3. The van der Waals surface area contributed by atoms with Gasteiger partial charge in [0.15, 0.2) is 0 Å². The summed E-state index contributed by atoms with van der Waals surface area (Å²) in [5, 5.41) is 8.74. The fourth-order valence-electron chi connectivity index (χ4n) is 3.13. The van der Waals surface area contributed by atoms with Gasteiger partial charge in [-0.15, -0.1) is 0 Å². The second kappa shape index (κ2) is 11.2. The molecule has 8 heteroatoms. The molecule has 1 saturated heterocycles. The van der Waals surface area contributed by atoms with Gasteiger partial charge in [0, 0.05) is 43.5 Å². The second-order valence-electron chi connectivity index (χ2n) is 7.39. The molecule has 2 aromatic carbocycles. The van der Waals surface area contributed by atoms with E-state index in [-0.39, 0.29) is 11.8 Å². The Morgan fingerprint density at radius 3 is 2.48 bits per heavy atom. The molecule has 3 N–H and O–H groups in total. The molecule has 0 aromatic heterocycles. The molecule has 2 amide bonds. The summed E-state index contributed by atoms with van der Waals surface area (Å²) >= 11 is 0. The van der Waals surface area contributed by atoms with Crippen molar-refractivity contribution in [3.63, 3.8) is 0 Å². The number of benzene rings is 2. The molecule has 0 radical (unpaired) electrons. The number of guanidine groups is 1. The van der Waals surface area contributed by atoms with Gasteiger partial charge in [-0.3, -0.25) is 24.8 Å². The number of aliphatic imine (C=N–C) groups is 1. The summed E-state index contributed by atoms with van der Waals surface area (Å²) in [5.74, 6) is -0.118. The van der Waals surface area contributed by atoms with Crippen LogP contribution >= 0.6 is 0 Å². The summed E-state index contributed by atoms with van der Waals surface area (Å²) in [6.07, 6.45) is 0. The number of nitrogens with zero attached hydrogens (tertiary/aromatic N) is 2. The van der Waals surface area contributed by atoms with Gasteiger partial charge >= 0.3 is 0 Å². The van der Waals surface area contributed by atoms with Gasteiger partial charge in [0.1, 0.15) is 0 Å². The molecule has 1 heterocycles. The Morgan fingerprint density at radius 2 is 1.77 bits per heavy atom. The summed E-state index contributed by atoms with van der Waals surface area (Å²) in [4.78, 5) is 31.0. The summed E-state index contributed by atoms with van der Waals surface area (Å²) in [6, 6.07) is 14.7. The molecule has 0 unspecified atom stereocenters. The van der Waals surface area contributed by atoms with Gasteiger partial charge in [0.05, 0.1) is 19.8 Å². The van der Waals surface area contributed by atoms with Gasteiger partial charge in [0.25, 0.3) is 5.91 Å². The van der Waals surface area contributed by atoms with Crippen LogP contribution in [0.25, 0.3) is 0 Å². The maximum Gasteiger partial charge on any atom is 0.258 e. The van der Waals surface area contributed by atoms with Crippen molar-refractivity contribution in [1.82, 2.24) is 10.2 Å². The summed E-state index contributed by atoms with van der Waals surface area (Å²) in [6.45, 7) is 8.02. The summed E-state index contributed by atoms with van der Waals surface area (Å²) in [5.41, 5.74) is 2.98. The van der Waals surface area contributed by atoms with Gasteiger partial charge in [-0.1, -0.05) is 23.8 Å². The lowest BCUT2D eigenvalue weighted by atomic mass is 10.2. The minimum Gasteiger partial charge on any atom is -0.379 e. The monoisotopic (exact) mass is 423 g/mol. The Hall–Kier alpha value is -3.23. The molecule has 2 aromatic rings. The number of hydrogen-bond acceptors (Lipinski definition) is 5. The van der Waals surface area contributed by atoms with E-state index in [0.29, 0.717) is 23.8 Å². The van der Waals surface area contributed by atoms with Crippen LogP contribution in [0.1, 0.15) is 22.8 Å². The predicted octanol–water partition coefficient (Wildman–Crippen LogP) is 2.48. The number of aryl methyl sites for hydroxylation is 1. The highest BCUT2D eigenvalue weighted by Gasteiger charge is 2.12. The van der Waals surface area contributed by atoms with E-state index in [1.165, 1.54) is 6.92 Å². The van der Waals surface area contributed by atoms with Gasteiger partial charge in [0.2, 0.25) is 11.9 Å². The van der Waals surface area contributed by atoms with Crippen LogP contribution < -0.4 is 16.0 Å². The largest absolute Gasteiger partial charge is 0.379 e. The van der Waals surface area contributed by atoms with Crippen LogP contribution in [0, 0.1) is 6.92 Å². The molecule has 8 nitrogen and oxygen atoms in total. The lowest BCUT2D eigenvalue weighted by Gasteiger charge is -2.25. The molecule has 1 fully saturated rings. The topological polar surface area (TPSA) is 95.1 Å². The Kier molecular flexibility index (Phi) is 8.14. The van der Waals surface area contributed by atoms with Gasteiger partial charge < -0.3 is 15.4 Å². The van der Waals surface area contributed by atoms with E-state index < -0.39 is 0 Å². The molecule has 0 bridgehead atoms. The SMILES string of the molecule is CC(=O)Nc1cccc(C(=O)NC(=NCCN2CCOCC2)Nc2ccc(C)cc2)c1. The van der Waals surface area contributed by atoms with Crippen LogP contribution in [0.4, 0.5) is 11.4 Å². The first-order valence-corrected chi connectivity index (χ1v) is 10.4. The first-order chi connectivity index (χ1) is 15.0. The molecule has 1 aliphatic rings. The molecule has 1 aliphatic heterocycles. The maximum absolute atomic E-state index is 12.8. The highest BCUT2D eigenvalue weighted by Crippen LogP contribution is 2.12. The van der Waals surface area contributed by atoms with Gasteiger partial charge in [-0.2, -0.15) is 0 Å². The first-order valence-electron chi connectivity index (χ1n) is 10.4. The van der Waals surface area contributed by atoms with E-state index in [4.69, 9.17) is 4.74 Å². The van der Waals surface area contributed by atoms with Crippen molar-refractivity contribution in [3.05, 3.63) is 59.7 Å². The van der Waals surface area contributed by atoms with Crippen LogP contribution in [-0.2, 0) is 9.53 Å². The maximum atomic E-state index is 12.8. The molecule has 0 saturated carbocycles. The summed E-state index contributed by atoms with van der Waals surface area (Å²) in [7, 11) is 0. The van der Waals surface area contributed by atoms with E-state index >= 15 is 0 Å². The third-order valence-electron chi connectivity index (χ3n) is 4.78. The number of amides is 2. The average Bonchev–Trinajstić information content (AvgIpc) is 2.76. The number of rotatable bonds is 6. The van der Waals surface area contributed by atoms with Crippen LogP contribution in [-0.4, -0.2) is 62.1 Å². The molecule has 164 valence electrons. The molecule has 3 rings (SSSR count). The molecule has 31 heavy (non-hydrogen) atoms. The molecule has 0 spiro atoms. The molecular formula is C23H29N5O3. The Bertz CT molecular complexity index is 921. The smallest absolute Gasteiger partial charge is 0.258 e. The zero-order valence-electron chi connectivity index (χ0n) is 18.0. The van der Waals surface area contributed by atoms with Crippen molar-refractivity contribution in [2.45, 2.75) is 13.8 Å². The quantitative estimate of drug-likeness (QED) is 0.490. The number of morpholine rings is 1. The van der Waals surface area contributed by atoms with Crippen molar-refractivity contribution in [2.24, 2.45) is 4.99 Å². The Balaban J connectivity index is 1.69. The van der Waals surface area contributed by atoms with Gasteiger partial charge in [-0.25, -0.2) is 0 Å². The van der Waals surface area contributed by atoms with Crippen LogP contribution in [0.2, 0.25) is 0 Å². The Labute approximate surface area is 182 Å². The standard InChI is InChI=1S/C23H29N5O3/c1-17-6-8-20(9-7-17)26-23(24-10-11-28-12-14-31-15-13-28)27-22(30)19-4-3-5-21(16-19)25-18(2)29/h3-9,16H,10-15H2,1-2H3,(H,25,29)(H2,24,26,27,30). The number of carbonyl (C=O) groups excluding carboxylic acids is 2. The number of carbonyl (C=O) groups is 2. The van der Waals surface area contributed by atoms with Crippen molar-refractivity contribution in [1.29, 1.82) is 0 Å². The fraction of sp³-hybridized carbons (Fsp3) is 0.348. The third kappa shape index (κ3) is 7.51. The average molecular weight is 424 g/mol. The summed E-state index contributed by atoms with van der Waals surface area (Å²) < 4.78 is 5.38. The zero-order chi connectivity index (χ0) is 22.1. The first kappa shape index (κ1) is 22.5. The normalized spacial score (nSPS) is 14.7. The van der Waals surface area contributed by atoms with Crippen LogP contribution in [0.5, 0.6) is 0 Å². The van der Waals surface area contributed by atoms with Crippen molar-refractivity contribution in [3.8, 4) is 0 Å². The fourth-order valence-corrected chi connectivity index (χ4v) is 3.13. The molecule has 0 aliphatic carbocycles. The number of anilines is 2. The van der Waals surface area contributed by atoms with E-state index in [1.807, 2.05) is 31.2 Å². The second-order valence-corrected chi connectivity index (χ2v) is 7.39. The van der Waals surface area contributed by atoms with Crippen LogP contribution in [0.15, 0.2) is 53.5 Å². The third-order valence-corrected chi connectivity index (χ3v) is 4.78. The van der Waals surface area contributed by atoms with Crippen molar-refractivity contribution < 1.29 is 14.3 Å². The van der Waals surface area contributed by atoms with E-state index in [9.17, 15) is 9.59 Å². The van der Waals surface area contributed by atoms with E-state index in [1.54, 1.807) is 24.3 Å². The molecule has 0 atom stereocenters. The Morgan fingerprint density at radius 1 is 1.03 bits per heavy atom. The van der Waals surface area contributed by atoms with Gasteiger partial charge in [-0.05, 0) is 37.3 Å². The van der Waals surface area contributed by atoms with Crippen LogP contribution in [0.3, 0.4) is 0 Å². The van der Waals surface area contributed by atoms with Crippen molar-refractivity contribution in [2.75, 3.05) is 50.0 Å². The predicted molar refractivity (Wildman–Crippen MR) is 123 cm³/mol. The van der Waals surface area contributed by atoms with E-state index in [0.717, 1.165) is 44.1 Å². The highest BCUT2D eigenvalue weighted by molar-refractivity contribution is 6.10.